The molecule has 0 amide bonds. The molecule has 1 N–H and O–H groups in total. The van der Waals surface area contributed by atoms with Gasteiger partial charge in [0.1, 0.15) is 5.75 Å². The SMILES string of the molecule is CCC(CC)NCc1ccc(OC)cc1C. The molecule has 0 aromatic heterocycles. The molecule has 0 atom stereocenters. The van der Waals surface area contributed by atoms with Crippen LogP contribution in [0.4, 0.5) is 0 Å². The van der Waals surface area contributed by atoms with E-state index in [0.29, 0.717) is 6.04 Å². The Balaban J connectivity index is 2.60. The zero-order chi connectivity index (χ0) is 12.0. The van der Waals surface area contributed by atoms with E-state index in [9.17, 15) is 0 Å². The molecule has 0 aliphatic carbocycles. The number of hydrogen-bond acceptors (Lipinski definition) is 2. The first-order valence-corrected chi connectivity index (χ1v) is 6.08. The normalized spacial score (nSPS) is 10.8. The van der Waals surface area contributed by atoms with Crippen LogP contribution in [-0.4, -0.2) is 13.2 Å². The zero-order valence-electron chi connectivity index (χ0n) is 10.8. The molecule has 0 unspecified atom stereocenters. The lowest BCUT2D eigenvalue weighted by Crippen LogP contribution is -2.27. The fourth-order valence-electron chi connectivity index (χ4n) is 1.83. The molecule has 0 saturated carbocycles. The lowest BCUT2D eigenvalue weighted by atomic mass is 10.1. The lowest BCUT2D eigenvalue weighted by molar-refractivity contribution is 0.414. The van der Waals surface area contributed by atoms with E-state index in [1.807, 2.05) is 6.07 Å². The van der Waals surface area contributed by atoms with Crippen LogP contribution in [0, 0.1) is 6.92 Å². The molecule has 0 aliphatic heterocycles. The van der Waals surface area contributed by atoms with Gasteiger partial charge < -0.3 is 10.1 Å². The van der Waals surface area contributed by atoms with E-state index in [0.717, 1.165) is 12.3 Å². The fourth-order valence-corrected chi connectivity index (χ4v) is 1.83. The molecule has 90 valence electrons. The fraction of sp³-hybridized carbons (Fsp3) is 0.571. The number of methoxy groups -OCH3 is 1. The molecule has 0 heterocycles. The first-order valence-electron chi connectivity index (χ1n) is 6.08. The van der Waals surface area contributed by atoms with Crippen LogP contribution in [0.3, 0.4) is 0 Å². The summed E-state index contributed by atoms with van der Waals surface area (Å²) >= 11 is 0. The molecule has 2 heteroatoms. The van der Waals surface area contributed by atoms with E-state index in [2.05, 4.69) is 38.2 Å². The highest BCUT2D eigenvalue weighted by Gasteiger charge is 2.04. The maximum Gasteiger partial charge on any atom is 0.119 e. The van der Waals surface area contributed by atoms with Crippen LogP contribution in [0.2, 0.25) is 0 Å². The van der Waals surface area contributed by atoms with Gasteiger partial charge in [0.25, 0.3) is 0 Å². The largest absolute Gasteiger partial charge is 0.497 e. The molecule has 0 spiro atoms. The number of aryl methyl sites for hydroxylation is 1. The predicted octanol–water partition coefficient (Wildman–Crippen LogP) is 3.28. The van der Waals surface area contributed by atoms with E-state index < -0.39 is 0 Å². The van der Waals surface area contributed by atoms with Gasteiger partial charge >= 0.3 is 0 Å². The van der Waals surface area contributed by atoms with Crippen LogP contribution in [0.15, 0.2) is 18.2 Å². The number of nitrogens with one attached hydrogen (secondary N) is 1. The summed E-state index contributed by atoms with van der Waals surface area (Å²) in [6.07, 6.45) is 2.37. The molecule has 2 nitrogen and oxygen atoms in total. The first kappa shape index (κ1) is 13.0. The van der Waals surface area contributed by atoms with Crippen LogP contribution in [0.25, 0.3) is 0 Å². The molecule has 1 aromatic carbocycles. The summed E-state index contributed by atoms with van der Waals surface area (Å²) in [4.78, 5) is 0. The molecular formula is C14H23NO. The van der Waals surface area contributed by atoms with Gasteiger partial charge in [0.2, 0.25) is 0 Å². The molecule has 1 rings (SSSR count). The van der Waals surface area contributed by atoms with Crippen LogP contribution < -0.4 is 10.1 Å². The van der Waals surface area contributed by atoms with Gasteiger partial charge in [-0.15, -0.1) is 0 Å². The van der Waals surface area contributed by atoms with Crippen molar-refractivity contribution < 1.29 is 4.74 Å². The van der Waals surface area contributed by atoms with Crippen molar-refractivity contribution in [2.24, 2.45) is 0 Å². The molecule has 0 radical (unpaired) electrons. The van der Waals surface area contributed by atoms with Gasteiger partial charge in [-0.05, 0) is 43.0 Å². The van der Waals surface area contributed by atoms with Crippen LogP contribution in [0.5, 0.6) is 5.75 Å². The summed E-state index contributed by atoms with van der Waals surface area (Å²) in [6.45, 7) is 7.53. The second kappa shape index (κ2) is 6.54. The second-order valence-corrected chi connectivity index (χ2v) is 4.19. The minimum Gasteiger partial charge on any atom is -0.497 e. The minimum atomic E-state index is 0.626. The van der Waals surface area contributed by atoms with Crippen molar-refractivity contribution in [3.05, 3.63) is 29.3 Å². The first-order chi connectivity index (χ1) is 7.71. The van der Waals surface area contributed by atoms with Crippen molar-refractivity contribution in [3.63, 3.8) is 0 Å². The molecule has 16 heavy (non-hydrogen) atoms. The standard InChI is InChI=1S/C14H23NO/c1-5-13(6-2)15-10-12-7-8-14(16-4)9-11(12)3/h7-9,13,15H,5-6,10H2,1-4H3. The third kappa shape index (κ3) is 3.53. The Kier molecular flexibility index (Phi) is 5.33. The van der Waals surface area contributed by atoms with Crippen molar-refractivity contribution in [2.75, 3.05) is 7.11 Å². The Morgan fingerprint density at radius 2 is 1.94 bits per heavy atom. The average molecular weight is 221 g/mol. The summed E-state index contributed by atoms with van der Waals surface area (Å²) in [7, 11) is 1.71. The maximum absolute atomic E-state index is 5.20. The lowest BCUT2D eigenvalue weighted by Gasteiger charge is -2.16. The van der Waals surface area contributed by atoms with Gasteiger partial charge in [0.15, 0.2) is 0 Å². The molecule has 0 saturated heterocycles. The predicted molar refractivity (Wildman–Crippen MR) is 68.9 cm³/mol. The maximum atomic E-state index is 5.20. The van der Waals surface area contributed by atoms with E-state index in [1.54, 1.807) is 7.11 Å². The third-order valence-corrected chi connectivity index (χ3v) is 3.12. The number of hydrogen-bond donors (Lipinski definition) is 1. The summed E-state index contributed by atoms with van der Waals surface area (Å²) < 4.78 is 5.20. The number of ether oxygens (including phenoxy) is 1. The second-order valence-electron chi connectivity index (χ2n) is 4.19. The minimum absolute atomic E-state index is 0.626. The van der Waals surface area contributed by atoms with E-state index in [4.69, 9.17) is 4.74 Å². The van der Waals surface area contributed by atoms with Crippen LogP contribution in [-0.2, 0) is 6.54 Å². The number of benzene rings is 1. The van der Waals surface area contributed by atoms with Gasteiger partial charge in [-0.3, -0.25) is 0 Å². The molecule has 0 bridgehead atoms. The van der Waals surface area contributed by atoms with Gasteiger partial charge in [-0.1, -0.05) is 19.9 Å². The van der Waals surface area contributed by atoms with Crippen molar-refractivity contribution in [1.82, 2.24) is 5.32 Å². The summed E-state index contributed by atoms with van der Waals surface area (Å²) in [5, 5.41) is 3.57. The Hall–Kier alpha value is -1.02. The number of rotatable bonds is 6. The highest BCUT2D eigenvalue weighted by Crippen LogP contribution is 2.16. The summed E-state index contributed by atoms with van der Waals surface area (Å²) in [5.74, 6) is 0.934. The van der Waals surface area contributed by atoms with Crippen LogP contribution >= 0.6 is 0 Å². The average Bonchev–Trinajstić information content (AvgIpc) is 2.32. The van der Waals surface area contributed by atoms with Gasteiger partial charge in [0, 0.05) is 12.6 Å². The van der Waals surface area contributed by atoms with Crippen molar-refractivity contribution in [3.8, 4) is 5.75 Å². The van der Waals surface area contributed by atoms with Crippen molar-refractivity contribution >= 4 is 0 Å². The molecule has 0 fully saturated rings. The molecule has 1 aromatic rings. The highest BCUT2D eigenvalue weighted by molar-refractivity contribution is 5.34. The Labute approximate surface area is 99.0 Å². The molecular weight excluding hydrogens is 198 g/mol. The van der Waals surface area contributed by atoms with E-state index >= 15 is 0 Å². The Morgan fingerprint density at radius 1 is 1.25 bits per heavy atom. The van der Waals surface area contributed by atoms with Crippen molar-refractivity contribution in [1.29, 1.82) is 0 Å². The topological polar surface area (TPSA) is 21.3 Å². The van der Waals surface area contributed by atoms with Crippen molar-refractivity contribution in [2.45, 2.75) is 46.2 Å². The van der Waals surface area contributed by atoms with Gasteiger partial charge in [-0.25, -0.2) is 0 Å². The van der Waals surface area contributed by atoms with E-state index in [-0.39, 0.29) is 0 Å². The van der Waals surface area contributed by atoms with Gasteiger partial charge in [-0.2, -0.15) is 0 Å². The zero-order valence-corrected chi connectivity index (χ0v) is 10.8. The quantitative estimate of drug-likeness (QED) is 0.796. The highest BCUT2D eigenvalue weighted by atomic mass is 16.5. The summed E-state index contributed by atoms with van der Waals surface area (Å²) in [5.41, 5.74) is 2.64. The van der Waals surface area contributed by atoms with E-state index in [1.165, 1.54) is 24.0 Å². The molecule has 0 aliphatic rings. The monoisotopic (exact) mass is 221 g/mol. The Morgan fingerprint density at radius 3 is 2.44 bits per heavy atom. The third-order valence-electron chi connectivity index (χ3n) is 3.12. The van der Waals surface area contributed by atoms with Crippen LogP contribution in [0.1, 0.15) is 37.8 Å². The Bertz CT molecular complexity index is 319. The smallest absolute Gasteiger partial charge is 0.119 e. The van der Waals surface area contributed by atoms with Gasteiger partial charge in [0.05, 0.1) is 7.11 Å². The summed E-state index contributed by atoms with van der Waals surface area (Å²) in [6, 6.07) is 6.88.